The van der Waals surface area contributed by atoms with Crippen molar-refractivity contribution in [2.75, 3.05) is 4.90 Å². The number of hydrogen-bond acceptors (Lipinski definition) is 2. The summed E-state index contributed by atoms with van der Waals surface area (Å²) in [5.74, 6) is 0. The fourth-order valence-electron chi connectivity index (χ4n) is 10.1. The van der Waals surface area contributed by atoms with Crippen LogP contribution in [-0.2, 0) is 0 Å². The number of thiophene rings is 1. The van der Waals surface area contributed by atoms with E-state index in [1.54, 1.807) is 0 Å². The molecule has 0 radical (unpaired) electrons. The van der Waals surface area contributed by atoms with E-state index in [0.29, 0.717) is 0 Å². The summed E-state index contributed by atoms with van der Waals surface area (Å²) in [5.41, 5.74) is 10.7. The van der Waals surface area contributed by atoms with Gasteiger partial charge in [0, 0.05) is 37.2 Å². The van der Waals surface area contributed by atoms with Crippen LogP contribution in [0, 0.1) is 0 Å². The lowest BCUT2D eigenvalue weighted by Crippen LogP contribution is -2.10. The molecular weight excluding hydrogens is 791 g/mol. The van der Waals surface area contributed by atoms with E-state index < -0.39 is 0 Å². The predicted molar refractivity (Wildman–Crippen MR) is 278 cm³/mol. The molecular formula is C62H39NS. The van der Waals surface area contributed by atoms with Gasteiger partial charge in [0.25, 0.3) is 0 Å². The molecule has 1 nitrogen and oxygen atoms in total. The summed E-state index contributed by atoms with van der Waals surface area (Å²) in [5, 5.41) is 15.4. The van der Waals surface area contributed by atoms with Crippen molar-refractivity contribution in [1.29, 1.82) is 0 Å². The standard InChI is InChI=1S/C62H39NS/c1-2-10-40(11-3-1)41-26-30-50(31-27-41)63(51-16-8-15-48(37-51)54-19-9-14-42-12-4-6-17-53(42)54)52-32-35-58-57-34-29-47(38-59(57)64-60(58)39-52)46-28-33-56-49(36-46)25-24-45-23-22-44-21-20-43-13-5-7-18-55(43)61(44)62(45)56/h1-39H. The van der Waals surface area contributed by atoms with Crippen LogP contribution >= 0.6 is 11.3 Å². The zero-order valence-electron chi connectivity index (χ0n) is 34.9. The third-order valence-electron chi connectivity index (χ3n) is 13.2. The molecule has 12 aromatic carbocycles. The van der Waals surface area contributed by atoms with Gasteiger partial charge in [0.2, 0.25) is 0 Å². The molecule has 0 atom stereocenters. The van der Waals surface area contributed by atoms with Crippen LogP contribution in [0.3, 0.4) is 0 Å². The lowest BCUT2D eigenvalue weighted by atomic mass is 9.92. The number of rotatable bonds is 6. The minimum absolute atomic E-state index is 1.11. The zero-order valence-corrected chi connectivity index (χ0v) is 35.7. The molecule has 0 aliphatic carbocycles. The van der Waals surface area contributed by atoms with Gasteiger partial charge < -0.3 is 4.90 Å². The first-order valence-corrected chi connectivity index (χ1v) is 22.8. The highest BCUT2D eigenvalue weighted by atomic mass is 32.1. The van der Waals surface area contributed by atoms with Crippen molar-refractivity contribution in [3.63, 3.8) is 0 Å². The van der Waals surface area contributed by atoms with Crippen molar-refractivity contribution in [2.45, 2.75) is 0 Å². The Hall–Kier alpha value is -8.04. The first-order chi connectivity index (χ1) is 31.7. The SMILES string of the molecule is c1ccc(-c2ccc(N(c3cccc(-c4cccc5ccccc45)c3)c3ccc4c(c3)sc3cc(-c5ccc6c(ccc7ccc8ccc9ccccc9c8c76)c5)ccc34)cc2)cc1. The van der Waals surface area contributed by atoms with Gasteiger partial charge in [-0.3, -0.25) is 0 Å². The Balaban J connectivity index is 0.913. The summed E-state index contributed by atoms with van der Waals surface area (Å²) in [7, 11) is 0. The lowest BCUT2D eigenvalue weighted by molar-refractivity contribution is 1.29. The molecule has 0 aliphatic heterocycles. The summed E-state index contributed by atoms with van der Waals surface area (Å²) in [6.45, 7) is 0. The Morgan fingerprint density at radius 3 is 1.53 bits per heavy atom. The Bertz CT molecular complexity index is 3950. The molecule has 0 amide bonds. The van der Waals surface area contributed by atoms with E-state index in [9.17, 15) is 0 Å². The van der Waals surface area contributed by atoms with E-state index in [1.807, 2.05) is 11.3 Å². The normalized spacial score (nSPS) is 11.8. The molecule has 0 saturated heterocycles. The molecule has 0 saturated carbocycles. The molecule has 64 heavy (non-hydrogen) atoms. The Labute approximate surface area is 375 Å². The van der Waals surface area contributed by atoms with Crippen molar-refractivity contribution >= 4 is 102 Å². The van der Waals surface area contributed by atoms with Crippen LogP contribution in [-0.4, -0.2) is 0 Å². The van der Waals surface area contributed by atoms with Crippen LogP contribution in [0.2, 0.25) is 0 Å². The molecule has 0 bridgehead atoms. The molecule has 0 unspecified atom stereocenters. The third-order valence-corrected chi connectivity index (χ3v) is 14.3. The topological polar surface area (TPSA) is 3.24 Å². The molecule has 0 fully saturated rings. The van der Waals surface area contributed by atoms with Gasteiger partial charge in [0.05, 0.1) is 0 Å². The maximum absolute atomic E-state index is 2.41. The molecule has 0 spiro atoms. The molecule has 13 rings (SSSR count). The third kappa shape index (κ3) is 6.07. The summed E-state index contributed by atoms with van der Waals surface area (Å²) < 4.78 is 2.56. The molecule has 0 aliphatic rings. The fourth-order valence-corrected chi connectivity index (χ4v) is 11.3. The Kier molecular flexibility index (Phi) is 8.47. The van der Waals surface area contributed by atoms with Crippen molar-refractivity contribution < 1.29 is 0 Å². The summed E-state index contributed by atoms with van der Waals surface area (Å²) in [6, 6.07) is 87.3. The van der Waals surface area contributed by atoms with Crippen LogP contribution in [0.15, 0.2) is 237 Å². The molecule has 1 heterocycles. The fraction of sp³-hybridized carbons (Fsp3) is 0. The van der Waals surface area contributed by atoms with Gasteiger partial charge in [-0.25, -0.2) is 0 Å². The van der Waals surface area contributed by atoms with Crippen molar-refractivity contribution in [2.24, 2.45) is 0 Å². The molecule has 298 valence electrons. The van der Waals surface area contributed by atoms with E-state index in [-0.39, 0.29) is 0 Å². The summed E-state index contributed by atoms with van der Waals surface area (Å²) in [6.07, 6.45) is 0. The zero-order chi connectivity index (χ0) is 42.1. The number of benzene rings is 12. The quantitative estimate of drug-likeness (QED) is 0.151. The van der Waals surface area contributed by atoms with E-state index in [4.69, 9.17) is 0 Å². The Morgan fingerprint density at radius 1 is 0.250 bits per heavy atom. The highest BCUT2D eigenvalue weighted by Gasteiger charge is 2.18. The molecule has 0 N–H and O–H groups in total. The van der Waals surface area contributed by atoms with E-state index >= 15 is 0 Å². The number of anilines is 3. The highest BCUT2D eigenvalue weighted by Crippen LogP contribution is 2.44. The molecule has 1 aromatic heterocycles. The van der Waals surface area contributed by atoms with Gasteiger partial charge in [-0.1, -0.05) is 188 Å². The number of fused-ring (bicyclic) bond motifs is 11. The monoisotopic (exact) mass is 829 g/mol. The summed E-state index contributed by atoms with van der Waals surface area (Å²) >= 11 is 1.87. The maximum atomic E-state index is 2.41. The predicted octanol–water partition coefficient (Wildman–Crippen LogP) is 18.3. The number of hydrogen-bond donors (Lipinski definition) is 0. The van der Waals surface area contributed by atoms with Crippen molar-refractivity contribution in [3.05, 3.63) is 237 Å². The van der Waals surface area contributed by atoms with Gasteiger partial charge in [0.1, 0.15) is 0 Å². The summed E-state index contributed by atoms with van der Waals surface area (Å²) in [4.78, 5) is 2.41. The minimum Gasteiger partial charge on any atom is -0.310 e. The Morgan fingerprint density at radius 2 is 0.750 bits per heavy atom. The smallest absolute Gasteiger partial charge is 0.0476 e. The first kappa shape index (κ1) is 36.6. The van der Waals surface area contributed by atoms with Gasteiger partial charge in [-0.15, -0.1) is 11.3 Å². The van der Waals surface area contributed by atoms with Crippen LogP contribution < -0.4 is 4.90 Å². The maximum Gasteiger partial charge on any atom is 0.0476 e. The number of nitrogens with zero attached hydrogens (tertiary/aromatic N) is 1. The first-order valence-electron chi connectivity index (χ1n) is 22.0. The van der Waals surface area contributed by atoms with Crippen LogP contribution in [0.4, 0.5) is 17.1 Å². The highest BCUT2D eigenvalue weighted by molar-refractivity contribution is 7.25. The lowest BCUT2D eigenvalue weighted by Gasteiger charge is -2.26. The van der Waals surface area contributed by atoms with E-state index in [1.165, 1.54) is 107 Å². The van der Waals surface area contributed by atoms with Gasteiger partial charge >= 0.3 is 0 Å². The van der Waals surface area contributed by atoms with Gasteiger partial charge in [-0.05, 0) is 136 Å². The van der Waals surface area contributed by atoms with Gasteiger partial charge in [0.15, 0.2) is 0 Å². The van der Waals surface area contributed by atoms with Crippen molar-refractivity contribution in [1.82, 2.24) is 0 Å². The minimum atomic E-state index is 1.11. The van der Waals surface area contributed by atoms with Crippen LogP contribution in [0.5, 0.6) is 0 Å². The molecule has 13 aromatic rings. The second kappa shape index (κ2) is 14.8. The van der Waals surface area contributed by atoms with Crippen molar-refractivity contribution in [3.8, 4) is 33.4 Å². The van der Waals surface area contributed by atoms with Crippen LogP contribution in [0.1, 0.15) is 0 Å². The average molecular weight is 830 g/mol. The largest absolute Gasteiger partial charge is 0.310 e. The van der Waals surface area contributed by atoms with E-state index in [0.717, 1.165) is 17.1 Å². The van der Waals surface area contributed by atoms with E-state index in [2.05, 4.69) is 241 Å². The second-order valence-electron chi connectivity index (χ2n) is 16.9. The van der Waals surface area contributed by atoms with Gasteiger partial charge in [-0.2, -0.15) is 0 Å². The average Bonchev–Trinajstić information content (AvgIpc) is 3.73. The van der Waals surface area contributed by atoms with Crippen LogP contribution in [0.25, 0.3) is 107 Å². The second-order valence-corrected chi connectivity index (χ2v) is 18.0. The molecule has 2 heteroatoms.